The highest BCUT2D eigenvalue weighted by molar-refractivity contribution is 5.78. The van der Waals surface area contributed by atoms with Crippen LogP contribution in [-0.2, 0) is 16.0 Å². The van der Waals surface area contributed by atoms with Gasteiger partial charge in [0.2, 0.25) is 0 Å². The number of ether oxygens (including phenoxy) is 2. The molecule has 138 valence electrons. The number of para-hydroxylation sites is 1. The van der Waals surface area contributed by atoms with E-state index < -0.39 is 11.4 Å². The van der Waals surface area contributed by atoms with Crippen molar-refractivity contribution in [3.8, 4) is 5.75 Å². The molecule has 0 spiro atoms. The Morgan fingerprint density at radius 3 is 2.65 bits per heavy atom. The van der Waals surface area contributed by atoms with E-state index in [0.717, 1.165) is 5.56 Å². The highest BCUT2D eigenvalue weighted by atomic mass is 19.1. The van der Waals surface area contributed by atoms with Crippen LogP contribution in [0.2, 0.25) is 0 Å². The number of aliphatic hydroxyl groups is 1. The third-order valence-corrected chi connectivity index (χ3v) is 4.45. The molecule has 1 saturated heterocycles. The zero-order valence-electron chi connectivity index (χ0n) is 14.4. The summed E-state index contributed by atoms with van der Waals surface area (Å²) in [5.41, 5.74) is 0.186. The molecule has 3 rings (SSSR count). The first-order valence-corrected chi connectivity index (χ1v) is 8.56. The molecule has 0 aromatic heterocycles. The molecule has 1 heterocycles. The quantitative estimate of drug-likeness (QED) is 0.858. The summed E-state index contributed by atoms with van der Waals surface area (Å²) in [6.07, 6.45) is 0.502. The summed E-state index contributed by atoms with van der Waals surface area (Å²) in [5.74, 6) is -0.717. The highest BCUT2D eigenvalue weighted by Gasteiger charge is 2.38. The van der Waals surface area contributed by atoms with Crippen molar-refractivity contribution in [2.45, 2.75) is 12.0 Å². The van der Waals surface area contributed by atoms with Crippen LogP contribution in [0.1, 0.15) is 5.56 Å². The SMILES string of the molecule is O=C(COc1ccccc1F)N1CCO[C@@](CO)(Cc2ccccc2)C1. The third kappa shape index (κ3) is 4.39. The number of amides is 1. The van der Waals surface area contributed by atoms with Crippen LogP contribution in [0.4, 0.5) is 4.39 Å². The second-order valence-corrected chi connectivity index (χ2v) is 6.39. The molecule has 1 aliphatic rings. The summed E-state index contributed by atoms with van der Waals surface area (Å²) in [6, 6.07) is 15.7. The van der Waals surface area contributed by atoms with Gasteiger partial charge in [0, 0.05) is 13.0 Å². The molecule has 1 fully saturated rings. The van der Waals surface area contributed by atoms with Crippen LogP contribution in [0.15, 0.2) is 54.6 Å². The molecule has 1 N–H and O–H groups in total. The number of nitrogens with zero attached hydrogens (tertiary/aromatic N) is 1. The van der Waals surface area contributed by atoms with Gasteiger partial charge in [-0.05, 0) is 17.7 Å². The van der Waals surface area contributed by atoms with Crippen molar-refractivity contribution in [1.82, 2.24) is 4.90 Å². The van der Waals surface area contributed by atoms with Gasteiger partial charge < -0.3 is 19.5 Å². The lowest BCUT2D eigenvalue weighted by Gasteiger charge is -2.41. The molecule has 0 aliphatic carbocycles. The zero-order valence-corrected chi connectivity index (χ0v) is 14.4. The average molecular weight is 359 g/mol. The Morgan fingerprint density at radius 1 is 1.19 bits per heavy atom. The number of morpholine rings is 1. The Bertz CT molecular complexity index is 740. The number of rotatable bonds is 6. The first-order valence-electron chi connectivity index (χ1n) is 8.56. The lowest BCUT2D eigenvalue weighted by Crippen LogP contribution is -2.57. The van der Waals surface area contributed by atoms with E-state index in [1.165, 1.54) is 12.1 Å². The fourth-order valence-electron chi connectivity index (χ4n) is 3.08. The molecule has 0 saturated carbocycles. The lowest BCUT2D eigenvalue weighted by molar-refractivity contribution is -0.159. The number of hydrogen-bond donors (Lipinski definition) is 1. The third-order valence-electron chi connectivity index (χ3n) is 4.45. The highest BCUT2D eigenvalue weighted by Crippen LogP contribution is 2.23. The van der Waals surface area contributed by atoms with Crippen LogP contribution < -0.4 is 4.74 Å². The van der Waals surface area contributed by atoms with Crippen molar-refractivity contribution in [2.24, 2.45) is 0 Å². The Kier molecular flexibility index (Phi) is 5.85. The largest absolute Gasteiger partial charge is 0.481 e. The Labute approximate surface area is 152 Å². The van der Waals surface area contributed by atoms with Gasteiger partial charge in [-0.1, -0.05) is 42.5 Å². The van der Waals surface area contributed by atoms with Gasteiger partial charge in [-0.15, -0.1) is 0 Å². The van der Waals surface area contributed by atoms with E-state index in [2.05, 4.69) is 0 Å². The molecule has 1 atom stereocenters. The minimum absolute atomic E-state index is 0.0480. The Morgan fingerprint density at radius 2 is 1.92 bits per heavy atom. The number of carbonyl (C=O) groups is 1. The van der Waals surface area contributed by atoms with E-state index in [0.29, 0.717) is 19.6 Å². The van der Waals surface area contributed by atoms with Gasteiger partial charge in [-0.25, -0.2) is 4.39 Å². The fourth-order valence-corrected chi connectivity index (χ4v) is 3.08. The second kappa shape index (κ2) is 8.29. The topological polar surface area (TPSA) is 59.0 Å². The number of benzene rings is 2. The minimum Gasteiger partial charge on any atom is -0.481 e. The maximum atomic E-state index is 13.6. The van der Waals surface area contributed by atoms with Crippen LogP contribution >= 0.6 is 0 Å². The normalized spacial score (nSPS) is 20.0. The molecule has 1 aliphatic heterocycles. The molecule has 0 unspecified atom stereocenters. The van der Waals surface area contributed by atoms with Crippen LogP contribution in [0.25, 0.3) is 0 Å². The van der Waals surface area contributed by atoms with Gasteiger partial charge in [0.05, 0.1) is 19.8 Å². The predicted octanol–water partition coefficient (Wildman–Crippen LogP) is 2.04. The van der Waals surface area contributed by atoms with Crippen molar-refractivity contribution in [1.29, 1.82) is 0 Å². The molecule has 2 aromatic rings. The summed E-state index contributed by atoms with van der Waals surface area (Å²) in [5, 5.41) is 9.90. The van der Waals surface area contributed by atoms with Crippen molar-refractivity contribution in [3.63, 3.8) is 0 Å². The smallest absolute Gasteiger partial charge is 0.260 e. The summed E-state index contributed by atoms with van der Waals surface area (Å²) >= 11 is 0. The molecule has 26 heavy (non-hydrogen) atoms. The van der Waals surface area contributed by atoms with E-state index >= 15 is 0 Å². The van der Waals surface area contributed by atoms with Crippen LogP contribution in [0, 0.1) is 5.82 Å². The van der Waals surface area contributed by atoms with E-state index in [-0.39, 0.29) is 31.4 Å². The summed E-state index contributed by atoms with van der Waals surface area (Å²) < 4.78 is 24.7. The van der Waals surface area contributed by atoms with Crippen molar-refractivity contribution < 1.29 is 23.8 Å². The van der Waals surface area contributed by atoms with Gasteiger partial charge in [-0.3, -0.25) is 4.79 Å². The number of hydrogen-bond acceptors (Lipinski definition) is 4. The van der Waals surface area contributed by atoms with Gasteiger partial charge in [-0.2, -0.15) is 0 Å². The standard InChI is InChI=1S/C20H22FNO4/c21-17-8-4-5-9-18(17)25-13-19(24)22-10-11-26-20(14-22,15-23)12-16-6-2-1-3-7-16/h1-9,23H,10-15H2/t20-/m0/s1. The molecule has 1 amide bonds. The zero-order chi connectivity index (χ0) is 18.4. The Hall–Kier alpha value is -2.44. The van der Waals surface area contributed by atoms with Crippen LogP contribution in [0.5, 0.6) is 5.75 Å². The molecular weight excluding hydrogens is 337 g/mol. The number of carbonyl (C=O) groups excluding carboxylic acids is 1. The number of halogens is 1. The van der Waals surface area contributed by atoms with E-state index in [1.807, 2.05) is 30.3 Å². The first-order chi connectivity index (χ1) is 12.6. The first kappa shape index (κ1) is 18.4. The molecule has 0 radical (unpaired) electrons. The molecular formula is C20H22FNO4. The van der Waals surface area contributed by atoms with Crippen LogP contribution in [-0.4, -0.2) is 54.4 Å². The van der Waals surface area contributed by atoms with Gasteiger partial charge >= 0.3 is 0 Å². The monoisotopic (exact) mass is 359 g/mol. The van der Waals surface area contributed by atoms with Crippen molar-refractivity contribution >= 4 is 5.91 Å². The van der Waals surface area contributed by atoms with Gasteiger partial charge in [0.15, 0.2) is 18.2 Å². The minimum atomic E-state index is -0.840. The van der Waals surface area contributed by atoms with E-state index in [9.17, 15) is 14.3 Å². The van der Waals surface area contributed by atoms with Gasteiger partial charge in [0.1, 0.15) is 5.60 Å². The van der Waals surface area contributed by atoms with Gasteiger partial charge in [0.25, 0.3) is 5.91 Å². The molecule has 0 bridgehead atoms. The van der Waals surface area contributed by atoms with E-state index in [4.69, 9.17) is 9.47 Å². The molecule has 6 heteroatoms. The number of aliphatic hydroxyl groups excluding tert-OH is 1. The summed E-state index contributed by atoms with van der Waals surface area (Å²) in [7, 11) is 0. The lowest BCUT2D eigenvalue weighted by atomic mass is 9.93. The van der Waals surface area contributed by atoms with Crippen LogP contribution in [0.3, 0.4) is 0 Å². The maximum Gasteiger partial charge on any atom is 0.260 e. The van der Waals surface area contributed by atoms with Crippen molar-refractivity contribution in [3.05, 3.63) is 66.0 Å². The van der Waals surface area contributed by atoms with Crippen molar-refractivity contribution in [2.75, 3.05) is 32.9 Å². The summed E-state index contributed by atoms with van der Waals surface area (Å²) in [4.78, 5) is 14.1. The Balaban J connectivity index is 1.63. The fraction of sp³-hybridized carbons (Fsp3) is 0.350. The second-order valence-electron chi connectivity index (χ2n) is 6.39. The predicted molar refractivity (Wildman–Crippen MR) is 94.4 cm³/mol. The molecule has 2 aromatic carbocycles. The summed E-state index contributed by atoms with van der Waals surface area (Å²) in [6.45, 7) is 0.556. The average Bonchev–Trinajstić information content (AvgIpc) is 2.68. The van der Waals surface area contributed by atoms with E-state index in [1.54, 1.807) is 17.0 Å². The molecule has 5 nitrogen and oxygen atoms in total. The maximum absolute atomic E-state index is 13.6.